The third-order valence-electron chi connectivity index (χ3n) is 2.88. The maximum atomic E-state index is 5.86. The number of nitrogens with one attached hydrogen (secondary N) is 1. The number of methoxy groups -OCH3 is 1. The minimum atomic E-state index is 0.238. The van der Waals surface area contributed by atoms with Crippen LogP contribution in [-0.2, 0) is 4.74 Å². The number of hydrogen-bond donors (Lipinski definition) is 1. The fourth-order valence-corrected chi connectivity index (χ4v) is 1.87. The Morgan fingerprint density at radius 2 is 2.12 bits per heavy atom. The number of ether oxygens (including phenoxy) is 2. The van der Waals surface area contributed by atoms with Crippen LogP contribution in [0.4, 0.5) is 5.69 Å². The van der Waals surface area contributed by atoms with E-state index in [2.05, 4.69) is 24.1 Å². The van der Waals surface area contributed by atoms with Crippen LogP contribution in [0.25, 0.3) is 0 Å². The van der Waals surface area contributed by atoms with E-state index in [1.54, 1.807) is 13.3 Å². The fraction of sp³-hybridized carbons (Fsp3) is 0.615. The van der Waals surface area contributed by atoms with Crippen LogP contribution in [0, 0.1) is 0 Å². The van der Waals surface area contributed by atoms with Crippen molar-refractivity contribution in [2.75, 3.05) is 12.4 Å². The third kappa shape index (κ3) is 3.09. The van der Waals surface area contributed by atoms with Crippen molar-refractivity contribution in [2.24, 2.45) is 0 Å². The molecule has 0 saturated heterocycles. The van der Waals surface area contributed by atoms with E-state index in [0.717, 1.165) is 18.5 Å². The molecule has 94 valence electrons. The highest BCUT2D eigenvalue weighted by Gasteiger charge is 2.31. The van der Waals surface area contributed by atoms with Gasteiger partial charge >= 0.3 is 0 Å². The summed E-state index contributed by atoms with van der Waals surface area (Å²) >= 11 is 0. The Morgan fingerprint density at radius 1 is 1.35 bits per heavy atom. The normalized spacial score (nSPS) is 23.3. The number of anilines is 1. The van der Waals surface area contributed by atoms with E-state index < -0.39 is 0 Å². The van der Waals surface area contributed by atoms with Crippen molar-refractivity contribution in [3.05, 3.63) is 18.3 Å². The zero-order valence-electron chi connectivity index (χ0n) is 10.6. The first kappa shape index (κ1) is 12.2. The Balaban J connectivity index is 1.96. The summed E-state index contributed by atoms with van der Waals surface area (Å²) < 4.78 is 11.1. The summed E-state index contributed by atoms with van der Waals surface area (Å²) in [5.41, 5.74) is 0.961. The molecule has 17 heavy (non-hydrogen) atoms. The summed E-state index contributed by atoms with van der Waals surface area (Å²) in [6.07, 6.45) is 4.25. The van der Waals surface area contributed by atoms with E-state index in [4.69, 9.17) is 9.47 Å². The van der Waals surface area contributed by atoms with E-state index in [9.17, 15) is 0 Å². The average Bonchev–Trinajstić information content (AvgIpc) is 2.24. The molecule has 0 aliphatic heterocycles. The number of hydrogen-bond acceptors (Lipinski definition) is 4. The van der Waals surface area contributed by atoms with Crippen LogP contribution >= 0.6 is 0 Å². The van der Waals surface area contributed by atoms with E-state index >= 15 is 0 Å². The molecule has 1 N–H and O–H groups in total. The maximum Gasteiger partial charge on any atom is 0.237 e. The van der Waals surface area contributed by atoms with Crippen molar-refractivity contribution in [3.63, 3.8) is 0 Å². The van der Waals surface area contributed by atoms with Crippen molar-refractivity contribution >= 4 is 5.69 Å². The molecule has 1 heterocycles. The Bertz CT molecular complexity index is 362. The quantitative estimate of drug-likeness (QED) is 0.853. The summed E-state index contributed by atoms with van der Waals surface area (Å²) in [5, 5.41) is 3.33. The molecule has 1 saturated carbocycles. The minimum Gasteiger partial charge on any atom is -0.473 e. The molecule has 1 aliphatic rings. The minimum absolute atomic E-state index is 0.238. The van der Waals surface area contributed by atoms with Crippen molar-refractivity contribution in [3.8, 4) is 5.88 Å². The van der Waals surface area contributed by atoms with Crippen molar-refractivity contribution < 1.29 is 9.47 Å². The predicted molar refractivity (Wildman–Crippen MR) is 67.4 cm³/mol. The largest absolute Gasteiger partial charge is 0.473 e. The highest BCUT2D eigenvalue weighted by Crippen LogP contribution is 2.30. The third-order valence-corrected chi connectivity index (χ3v) is 2.88. The number of rotatable bonds is 5. The molecule has 0 bridgehead atoms. The summed E-state index contributed by atoms with van der Waals surface area (Å²) in [7, 11) is 1.74. The second-order valence-electron chi connectivity index (χ2n) is 4.72. The van der Waals surface area contributed by atoms with Gasteiger partial charge in [0.2, 0.25) is 5.88 Å². The lowest BCUT2D eigenvalue weighted by Crippen LogP contribution is -2.39. The lowest BCUT2D eigenvalue weighted by atomic mass is 9.92. The van der Waals surface area contributed by atoms with Gasteiger partial charge in [-0.2, -0.15) is 0 Å². The number of pyridine rings is 1. The van der Waals surface area contributed by atoms with E-state index in [1.807, 2.05) is 12.1 Å². The molecule has 1 aromatic heterocycles. The van der Waals surface area contributed by atoms with Gasteiger partial charge in [-0.1, -0.05) is 0 Å². The van der Waals surface area contributed by atoms with E-state index in [-0.39, 0.29) is 6.10 Å². The summed E-state index contributed by atoms with van der Waals surface area (Å²) in [6.45, 7) is 4.20. The zero-order chi connectivity index (χ0) is 12.3. The maximum absolute atomic E-state index is 5.86. The highest BCUT2D eigenvalue weighted by atomic mass is 16.5. The van der Waals surface area contributed by atoms with Gasteiger partial charge in [0.25, 0.3) is 0 Å². The molecule has 1 aromatic rings. The first-order valence-electron chi connectivity index (χ1n) is 6.10. The van der Waals surface area contributed by atoms with Gasteiger partial charge < -0.3 is 14.8 Å². The molecule has 1 fully saturated rings. The van der Waals surface area contributed by atoms with Gasteiger partial charge in [0, 0.05) is 32.2 Å². The molecule has 2 rings (SSSR count). The van der Waals surface area contributed by atoms with Crippen LogP contribution in [0.15, 0.2) is 18.3 Å². The van der Waals surface area contributed by atoms with Gasteiger partial charge in [0.05, 0.1) is 11.8 Å². The molecular formula is C13H20N2O2. The Kier molecular flexibility index (Phi) is 3.84. The topological polar surface area (TPSA) is 43.4 Å². The van der Waals surface area contributed by atoms with Crippen LogP contribution in [0.5, 0.6) is 5.88 Å². The molecule has 0 radical (unpaired) electrons. The smallest absolute Gasteiger partial charge is 0.237 e. The van der Waals surface area contributed by atoms with Crippen molar-refractivity contribution in [2.45, 2.75) is 44.9 Å². The van der Waals surface area contributed by atoms with Crippen LogP contribution in [0.3, 0.4) is 0 Å². The molecule has 0 spiro atoms. The lowest BCUT2D eigenvalue weighted by Gasteiger charge is -2.34. The molecule has 0 atom stereocenters. The summed E-state index contributed by atoms with van der Waals surface area (Å²) in [5.74, 6) is 0.695. The molecule has 4 heteroatoms. The van der Waals surface area contributed by atoms with Crippen LogP contribution < -0.4 is 10.1 Å². The van der Waals surface area contributed by atoms with Gasteiger partial charge in [0.15, 0.2) is 0 Å². The van der Waals surface area contributed by atoms with E-state index in [1.165, 1.54) is 0 Å². The zero-order valence-corrected chi connectivity index (χ0v) is 10.6. The average molecular weight is 236 g/mol. The highest BCUT2D eigenvalue weighted by molar-refractivity contribution is 5.52. The molecule has 0 aromatic carbocycles. The molecule has 4 nitrogen and oxygen atoms in total. The Labute approximate surface area is 102 Å². The van der Waals surface area contributed by atoms with Crippen LogP contribution in [0.1, 0.15) is 26.7 Å². The Morgan fingerprint density at radius 3 is 2.76 bits per heavy atom. The van der Waals surface area contributed by atoms with Gasteiger partial charge in [-0.25, -0.2) is 4.98 Å². The summed E-state index contributed by atoms with van der Waals surface area (Å²) in [6, 6.07) is 4.28. The van der Waals surface area contributed by atoms with Gasteiger partial charge in [-0.05, 0) is 26.0 Å². The standard InChI is InChI=1S/C13H20N2O2/c1-9(2)15-12-5-4-6-14-13(12)17-11-7-10(8-11)16-3/h4-6,9-11,15H,7-8H2,1-3H3/t10-,11+. The fourth-order valence-electron chi connectivity index (χ4n) is 1.87. The molecule has 0 amide bonds. The molecule has 0 unspecified atom stereocenters. The van der Waals surface area contributed by atoms with Gasteiger partial charge in [0.1, 0.15) is 6.10 Å². The van der Waals surface area contributed by atoms with Crippen LogP contribution in [-0.4, -0.2) is 30.3 Å². The Hall–Kier alpha value is -1.29. The van der Waals surface area contributed by atoms with Gasteiger partial charge in [-0.3, -0.25) is 0 Å². The number of aromatic nitrogens is 1. The second kappa shape index (κ2) is 5.36. The first-order valence-corrected chi connectivity index (χ1v) is 6.10. The van der Waals surface area contributed by atoms with Crippen LogP contribution in [0.2, 0.25) is 0 Å². The molecule has 1 aliphatic carbocycles. The first-order chi connectivity index (χ1) is 8.19. The van der Waals surface area contributed by atoms with E-state index in [0.29, 0.717) is 18.0 Å². The summed E-state index contributed by atoms with van der Waals surface area (Å²) in [4.78, 5) is 4.28. The SMILES string of the molecule is CO[C@H]1C[C@@H](Oc2ncccc2NC(C)C)C1. The van der Waals surface area contributed by atoms with Crippen molar-refractivity contribution in [1.29, 1.82) is 0 Å². The van der Waals surface area contributed by atoms with Crippen molar-refractivity contribution in [1.82, 2.24) is 4.98 Å². The monoisotopic (exact) mass is 236 g/mol. The number of nitrogens with zero attached hydrogens (tertiary/aromatic N) is 1. The second-order valence-corrected chi connectivity index (χ2v) is 4.72. The predicted octanol–water partition coefficient (Wildman–Crippen LogP) is 2.46. The molecular weight excluding hydrogens is 216 g/mol. The lowest BCUT2D eigenvalue weighted by molar-refractivity contribution is -0.0393. The van der Waals surface area contributed by atoms with Gasteiger partial charge in [-0.15, -0.1) is 0 Å².